The molecule has 3 heterocycles. The third-order valence-electron chi connectivity index (χ3n) is 9.05. The van der Waals surface area contributed by atoms with Gasteiger partial charge in [0, 0.05) is 32.7 Å². The minimum absolute atomic E-state index is 0.111. The molecule has 0 amide bonds. The zero-order chi connectivity index (χ0) is 34.0. The van der Waals surface area contributed by atoms with E-state index in [1.165, 1.54) is 0 Å². The summed E-state index contributed by atoms with van der Waals surface area (Å²) in [5.74, 6) is 0.938. The van der Waals surface area contributed by atoms with Crippen molar-refractivity contribution in [1.82, 2.24) is 19.5 Å². The van der Waals surface area contributed by atoms with Gasteiger partial charge >= 0.3 is 0 Å². The van der Waals surface area contributed by atoms with Gasteiger partial charge in [-0.25, -0.2) is 4.98 Å². The third kappa shape index (κ3) is 4.80. The zero-order valence-electron chi connectivity index (χ0n) is 26.9. The van der Waals surface area contributed by atoms with E-state index in [-0.39, 0.29) is 38.7 Å². The van der Waals surface area contributed by atoms with E-state index in [4.69, 9.17) is 58.6 Å². The molecule has 0 spiro atoms. The van der Waals surface area contributed by atoms with Crippen LogP contribution in [0.15, 0.2) is 108 Å². The van der Waals surface area contributed by atoms with Crippen LogP contribution in [0.3, 0.4) is 0 Å². The number of aromatic nitrogens is 4. The van der Waals surface area contributed by atoms with Gasteiger partial charge in [-0.15, -0.1) is 16.4 Å². The first kappa shape index (κ1) is 30.8. The maximum absolute atomic E-state index is 6.54. The van der Waals surface area contributed by atoms with Gasteiger partial charge in [-0.3, -0.25) is 4.57 Å². The van der Waals surface area contributed by atoms with Gasteiger partial charge in [0.2, 0.25) is 5.95 Å². The van der Waals surface area contributed by atoms with Crippen molar-refractivity contribution in [3.8, 4) is 28.7 Å². The van der Waals surface area contributed by atoms with Crippen molar-refractivity contribution in [3.05, 3.63) is 109 Å². The van der Waals surface area contributed by atoms with E-state index in [9.17, 15) is 0 Å². The smallest absolute Gasteiger partial charge is 0.238 e. The van der Waals surface area contributed by atoms with E-state index in [1.54, 1.807) is 0 Å². The number of furan rings is 1. The highest BCUT2D eigenvalue weighted by Crippen LogP contribution is 2.37. The summed E-state index contributed by atoms with van der Waals surface area (Å²) in [6.45, 7) is 4.04. The summed E-state index contributed by atoms with van der Waals surface area (Å²) < 4.78 is 8.43. The Bertz CT molecular complexity index is 2630. The molecule has 0 aliphatic rings. The Morgan fingerprint density at radius 1 is 0.633 bits per heavy atom. The number of rotatable bonds is 5. The van der Waals surface area contributed by atoms with Crippen LogP contribution in [-0.4, -0.2) is 58.8 Å². The standard InChI is InChI=1S/C39H23B5N4O/c1-3-10-20(4-2)22-13-9-16-28-30(22)25-18-17-21(19-29(25)49-28)37-45-38(31-32(40)34(42)36(44)35(43)33(31)41)47-39(46-37)48-26-14-7-5-11-23(26)24-12-6-8-15-27(24)48/h3-19H,1-2H3/b10-3-,20-4+. The van der Waals surface area contributed by atoms with Gasteiger partial charge in [0.1, 0.15) is 50.4 Å². The summed E-state index contributed by atoms with van der Waals surface area (Å²) in [5.41, 5.74) is 7.10. The Morgan fingerprint density at radius 3 is 1.92 bits per heavy atom. The lowest BCUT2D eigenvalue weighted by Gasteiger charge is -2.20. The van der Waals surface area contributed by atoms with Crippen LogP contribution in [-0.2, 0) is 0 Å². The van der Waals surface area contributed by atoms with Crippen LogP contribution in [0.1, 0.15) is 19.4 Å². The summed E-state index contributed by atoms with van der Waals surface area (Å²) in [6, 6.07) is 28.3. The first-order valence-electron chi connectivity index (χ1n) is 15.8. The summed E-state index contributed by atoms with van der Waals surface area (Å²) in [4.78, 5) is 14.9. The van der Waals surface area contributed by atoms with Gasteiger partial charge in [0.15, 0.2) is 11.6 Å². The van der Waals surface area contributed by atoms with Gasteiger partial charge in [0.25, 0.3) is 0 Å². The molecule has 0 saturated carbocycles. The summed E-state index contributed by atoms with van der Waals surface area (Å²) >= 11 is 0. The van der Waals surface area contributed by atoms with E-state index >= 15 is 0 Å². The first-order chi connectivity index (χ1) is 23.8. The number of hydrogen-bond acceptors (Lipinski definition) is 4. The number of nitrogens with zero attached hydrogens (tertiary/aromatic N) is 4. The molecule has 0 bridgehead atoms. The van der Waals surface area contributed by atoms with E-state index in [0.717, 1.165) is 49.3 Å². The fraction of sp³-hybridized carbons (Fsp3) is 0.0513. The number of hydrogen-bond donors (Lipinski definition) is 0. The summed E-state index contributed by atoms with van der Waals surface area (Å²) in [7, 11) is 31.8. The predicted octanol–water partition coefficient (Wildman–Crippen LogP) is 4.15. The van der Waals surface area contributed by atoms with Gasteiger partial charge < -0.3 is 4.42 Å². The minimum Gasteiger partial charge on any atom is -0.456 e. The van der Waals surface area contributed by atoms with E-state index < -0.39 is 0 Å². The predicted molar refractivity (Wildman–Crippen MR) is 208 cm³/mol. The molecule has 0 fully saturated rings. The average molecular weight is 618 g/mol. The van der Waals surface area contributed by atoms with E-state index in [0.29, 0.717) is 22.9 Å². The molecule has 8 rings (SSSR count). The molecule has 0 unspecified atom stereocenters. The summed E-state index contributed by atoms with van der Waals surface area (Å²) in [5, 5.41) is 4.12. The molecule has 49 heavy (non-hydrogen) atoms. The quantitative estimate of drug-likeness (QED) is 0.215. The second-order valence-electron chi connectivity index (χ2n) is 11.8. The van der Waals surface area contributed by atoms with Crippen LogP contribution in [0, 0.1) is 0 Å². The van der Waals surface area contributed by atoms with Crippen LogP contribution >= 0.6 is 0 Å². The highest BCUT2D eigenvalue weighted by molar-refractivity contribution is 6.68. The molecule has 220 valence electrons. The Hall–Kier alpha value is -5.49. The molecule has 5 aromatic carbocycles. The number of allylic oxidation sites excluding steroid dienone is 4. The van der Waals surface area contributed by atoms with Crippen molar-refractivity contribution >= 4 is 116 Å². The van der Waals surface area contributed by atoms with Gasteiger partial charge in [-0.1, -0.05) is 83.8 Å². The topological polar surface area (TPSA) is 56.7 Å². The van der Waals surface area contributed by atoms with Crippen LogP contribution in [0.4, 0.5) is 0 Å². The molecular weight excluding hydrogens is 595 g/mol. The Balaban J connectivity index is 1.42. The summed E-state index contributed by atoms with van der Waals surface area (Å²) in [6.07, 6.45) is 6.22. The van der Waals surface area contributed by atoms with Crippen molar-refractivity contribution in [2.75, 3.05) is 0 Å². The van der Waals surface area contributed by atoms with Crippen LogP contribution < -0.4 is 27.3 Å². The molecule has 0 atom stereocenters. The van der Waals surface area contributed by atoms with Crippen LogP contribution in [0.25, 0.3) is 78.0 Å². The van der Waals surface area contributed by atoms with Crippen molar-refractivity contribution in [2.45, 2.75) is 13.8 Å². The largest absolute Gasteiger partial charge is 0.456 e. The van der Waals surface area contributed by atoms with E-state index in [2.05, 4.69) is 30.4 Å². The van der Waals surface area contributed by atoms with Crippen molar-refractivity contribution in [2.24, 2.45) is 0 Å². The molecular formula is C39H23B5N4O. The molecule has 5 nitrogen and oxygen atoms in total. The molecule has 10 heteroatoms. The minimum atomic E-state index is 0.111. The van der Waals surface area contributed by atoms with Crippen LogP contribution in [0.5, 0.6) is 0 Å². The first-order valence-corrected chi connectivity index (χ1v) is 15.8. The van der Waals surface area contributed by atoms with Crippen LogP contribution in [0.2, 0.25) is 0 Å². The highest BCUT2D eigenvalue weighted by atomic mass is 16.3. The lowest BCUT2D eigenvalue weighted by atomic mass is 9.60. The second-order valence-corrected chi connectivity index (χ2v) is 11.8. The number of benzene rings is 5. The average Bonchev–Trinajstić information content (AvgIpc) is 3.68. The maximum Gasteiger partial charge on any atom is 0.238 e. The molecule has 0 aliphatic heterocycles. The third-order valence-corrected chi connectivity index (χ3v) is 9.05. The number of para-hydroxylation sites is 2. The molecule has 3 aromatic heterocycles. The fourth-order valence-electron chi connectivity index (χ4n) is 6.66. The Kier molecular flexibility index (Phi) is 7.48. The van der Waals surface area contributed by atoms with Gasteiger partial charge in [-0.05, 0) is 55.3 Å². The fourth-order valence-corrected chi connectivity index (χ4v) is 6.66. The van der Waals surface area contributed by atoms with E-state index in [1.807, 2.05) is 91.2 Å². The Morgan fingerprint density at radius 2 is 1.27 bits per heavy atom. The lowest BCUT2D eigenvalue weighted by Crippen LogP contribution is -2.55. The molecule has 0 aliphatic carbocycles. The highest BCUT2D eigenvalue weighted by Gasteiger charge is 2.21. The second kappa shape index (κ2) is 11.9. The zero-order valence-corrected chi connectivity index (χ0v) is 26.9. The van der Waals surface area contributed by atoms with Crippen molar-refractivity contribution < 1.29 is 4.42 Å². The maximum atomic E-state index is 6.54. The Labute approximate surface area is 290 Å². The SMILES string of the molecule is [B]c1c([B])c([B])c(-c2nc(-c3ccc4c(c3)oc3cccc(C(/C=C\C)=C/C)c34)nc(-n3c4ccccc4c4ccccc43)n2)c([B])c1[B]. The lowest BCUT2D eigenvalue weighted by molar-refractivity contribution is 0.669. The molecule has 8 aromatic rings. The molecule has 0 saturated heterocycles. The van der Waals surface area contributed by atoms with Gasteiger partial charge in [-0.2, -0.15) is 9.97 Å². The van der Waals surface area contributed by atoms with Gasteiger partial charge in [0.05, 0.1) is 11.0 Å². The normalized spacial score (nSPS) is 12.3. The monoisotopic (exact) mass is 618 g/mol. The van der Waals surface area contributed by atoms with Crippen molar-refractivity contribution in [1.29, 1.82) is 0 Å². The van der Waals surface area contributed by atoms with Crippen molar-refractivity contribution in [3.63, 3.8) is 0 Å². The molecule has 10 radical (unpaired) electrons. The number of fused-ring (bicyclic) bond motifs is 6. The molecule has 0 N–H and O–H groups in total.